The predicted molar refractivity (Wildman–Crippen MR) is 73.0 cm³/mol. The number of hydrogen-bond donors (Lipinski definition) is 1. The van der Waals surface area contributed by atoms with Crippen LogP contribution in [0.1, 0.15) is 20.8 Å². The minimum Gasteiger partial charge on any atom is -0.611 e. The lowest BCUT2D eigenvalue weighted by Gasteiger charge is -2.19. The summed E-state index contributed by atoms with van der Waals surface area (Å²) in [6.45, 7) is 5.21. The van der Waals surface area contributed by atoms with Crippen molar-refractivity contribution in [3.63, 3.8) is 0 Å². The highest BCUT2D eigenvalue weighted by Gasteiger charge is 2.16. The van der Waals surface area contributed by atoms with Gasteiger partial charge < -0.3 is 9.29 Å². The molecule has 0 aliphatic rings. The van der Waals surface area contributed by atoms with E-state index >= 15 is 0 Å². The number of benzene rings is 1. The van der Waals surface area contributed by atoms with Crippen LogP contribution in [-0.2, 0) is 20.8 Å². The second-order valence-corrected chi connectivity index (χ2v) is 6.53. The second kappa shape index (κ2) is 7.47. The summed E-state index contributed by atoms with van der Waals surface area (Å²) < 4.78 is 29.7. The molecule has 0 fully saturated rings. The van der Waals surface area contributed by atoms with Gasteiger partial charge in [0.25, 0.3) is 0 Å². The van der Waals surface area contributed by atoms with Crippen LogP contribution < -0.4 is 5.48 Å². The summed E-state index contributed by atoms with van der Waals surface area (Å²) in [5, 5.41) is 0. The van der Waals surface area contributed by atoms with Gasteiger partial charge in [0.1, 0.15) is 23.8 Å². The summed E-state index contributed by atoms with van der Waals surface area (Å²) in [4.78, 5) is 16.5. The van der Waals surface area contributed by atoms with E-state index in [0.29, 0.717) is 4.90 Å². The molecule has 112 valence electrons. The fraction of sp³-hybridized carbons (Fsp3) is 0.462. The maximum Gasteiger partial charge on any atom is 0.431 e. The Morgan fingerprint density at radius 3 is 2.75 bits per heavy atom. The normalized spacial score (nSPS) is 12.8. The number of carbonyl (C=O) groups is 1. The monoisotopic (exact) mass is 303 g/mol. The van der Waals surface area contributed by atoms with E-state index in [1.165, 1.54) is 18.2 Å². The number of rotatable bonds is 5. The van der Waals surface area contributed by atoms with E-state index < -0.39 is 28.7 Å². The molecule has 1 atom stereocenters. The van der Waals surface area contributed by atoms with E-state index in [2.05, 4.69) is 5.48 Å². The first kappa shape index (κ1) is 16.7. The van der Waals surface area contributed by atoms with Crippen molar-refractivity contribution in [3.8, 4) is 0 Å². The standard InChI is InChI=1S/C13H18FNO4S/c1-13(2,3)19-12(16)15-18-7-8-20(17)11-6-4-5-10(14)9-11/h4-6,9H,7-8H2,1-3H3,(H,15,16)/t20-/m0/s1. The molecule has 0 saturated carbocycles. The molecule has 1 N–H and O–H groups in total. The average molecular weight is 303 g/mol. The Labute approximate surface area is 120 Å². The number of nitrogens with one attached hydrogen (secondary N) is 1. The third kappa shape index (κ3) is 6.74. The van der Waals surface area contributed by atoms with Crippen LogP contribution in [0.3, 0.4) is 0 Å². The molecular weight excluding hydrogens is 285 g/mol. The van der Waals surface area contributed by atoms with Crippen molar-refractivity contribution < 1.29 is 23.3 Å². The minimum atomic E-state index is -1.38. The van der Waals surface area contributed by atoms with Crippen molar-refractivity contribution in [1.82, 2.24) is 5.48 Å². The summed E-state index contributed by atoms with van der Waals surface area (Å²) in [5.74, 6) is -0.303. The molecule has 0 unspecified atom stereocenters. The molecule has 0 aromatic heterocycles. The van der Waals surface area contributed by atoms with Gasteiger partial charge in [-0.25, -0.2) is 9.18 Å². The molecule has 0 spiro atoms. The van der Waals surface area contributed by atoms with Crippen molar-refractivity contribution >= 4 is 17.3 Å². The van der Waals surface area contributed by atoms with Crippen LogP contribution in [-0.4, -0.2) is 28.6 Å². The Balaban J connectivity index is 2.26. The molecule has 5 nitrogen and oxygen atoms in total. The molecule has 1 aromatic rings. The maximum atomic E-state index is 12.9. The SMILES string of the molecule is CC(C)(C)OC(=O)NOCC[S@+]([O-])c1cccc(F)c1. The van der Waals surface area contributed by atoms with Gasteiger partial charge in [0.15, 0.2) is 4.90 Å². The zero-order chi connectivity index (χ0) is 15.2. The highest BCUT2D eigenvalue weighted by atomic mass is 32.2. The van der Waals surface area contributed by atoms with Gasteiger partial charge in [0, 0.05) is 6.07 Å². The minimum absolute atomic E-state index is 0.0301. The van der Waals surface area contributed by atoms with Gasteiger partial charge in [0.05, 0.1) is 0 Å². The van der Waals surface area contributed by atoms with Crippen molar-refractivity contribution in [1.29, 1.82) is 0 Å². The highest BCUT2D eigenvalue weighted by Crippen LogP contribution is 2.12. The molecule has 1 amide bonds. The molecule has 7 heteroatoms. The Hall–Kier alpha value is -1.31. The van der Waals surface area contributed by atoms with Crippen molar-refractivity contribution in [2.45, 2.75) is 31.3 Å². The third-order valence-electron chi connectivity index (χ3n) is 1.98. The Morgan fingerprint density at radius 2 is 2.15 bits per heavy atom. The van der Waals surface area contributed by atoms with Crippen LogP contribution >= 0.6 is 0 Å². The largest absolute Gasteiger partial charge is 0.611 e. The van der Waals surface area contributed by atoms with Crippen LogP contribution in [0, 0.1) is 5.82 Å². The number of hydrogen-bond acceptors (Lipinski definition) is 4. The Bertz CT molecular complexity index is 450. The van der Waals surface area contributed by atoms with Gasteiger partial charge in [-0.05, 0) is 44.1 Å². The summed E-state index contributed by atoms with van der Waals surface area (Å²) >= 11 is -1.38. The predicted octanol–water partition coefficient (Wildman–Crippen LogP) is 2.39. The summed E-state index contributed by atoms with van der Waals surface area (Å²) in [7, 11) is 0. The Morgan fingerprint density at radius 1 is 1.45 bits per heavy atom. The summed E-state index contributed by atoms with van der Waals surface area (Å²) in [6, 6.07) is 5.54. The van der Waals surface area contributed by atoms with Crippen molar-refractivity contribution in [2.75, 3.05) is 12.4 Å². The van der Waals surface area contributed by atoms with Gasteiger partial charge in [-0.3, -0.25) is 4.84 Å². The molecule has 1 rings (SSSR count). The summed E-state index contributed by atoms with van der Waals surface area (Å²) in [6.07, 6.45) is -0.714. The lowest BCUT2D eigenvalue weighted by Crippen LogP contribution is -2.33. The summed E-state index contributed by atoms with van der Waals surface area (Å²) in [5.41, 5.74) is 1.47. The van der Waals surface area contributed by atoms with Crippen molar-refractivity contribution in [3.05, 3.63) is 30.1 Å². The topological polar surface area (TPSA) is 70.6 Å². The first-order valence-electron chi connectivity index (χ1n) is 6.02. The lowest BCUT2D eigenvalue weighted by molar-refractivity contribution is -0.00359. The fourth-order valence-electron chi connectivity index (χ4n) is 1.25. The van der Waals surface area contributed by atoms with Crippen LogP contribution in [0.15, 0.2) is 29.2 Å². The van der Waals surface area contributed by atoms with Gasteiger partial charge >= 0.3 is 6.09 Å². The van der Waals surface area contributed by atoms with E-state index in [9.17, 15) is 13.7 Å². The molecule has 0 radical (unpaired) electrons. The lowest BCUT2D eigenvalue weighted by atomic mass is 10.2. The molecule has 0 saturated heterocycles. The fourth-order valence-corrected chi connectivity index (χ4v) is 2.20. The molecular formula is C13H18FNO4S. The van der Waals surface area contributed by atoms with Gasteiger partial charge in [-0.1, -0.05) is 6.07 Å². The molecule has 0 bridgehead atoms. The molecule has 20 heavy (non-hydrogen) atoms. The molecule has 0 aliphatic carbocycles. The molecule has 0 heterocycles. The number of hydroxylamine groups is 1. The van der Waals surface area contributed by atoms with E-state index in [-0.39, 0.29) is 12.4 Å². The third-order valence-corrected chi connectivity index (χ3v) is 3.30. The van der Waals surface area contributed by atoms with Crippen molar-refractivity contribution in [2.24, 2.45) is 0 Å². The van der Waals surface area contributed by atoms with Crippen LogP contribution in [0.5, 0.6) is 0 Å². The van der Waals surface area contributed by atoms with E-state index in [1.807, 2.05) is 0 Å². The quantitative estimate of drug-likeness (QED) is 0.515. The Kier molecular flexibility index (Phi) is 6.25. The van der Waals surface area contributed by atoms with E-state index in [0.717, 1.165) is 0 Å². The molecule has 1 aromatic carbocycles. The smallest absolute Gasteiger partial charge is 0.431 e. The van der Waals surface area contributed by atoms with Crippen LogP contribution in [0.25, 0.3) is 0 Å². The average Bonchev–Trinajstić information content (AvgIpc) is 2.32. The number of carbonyl (C=O) groups excluding carboxylic acids is 1. The van der Waals surface area contributed by atoms with E-state index in [1.54, 1.807) is 26.8 Å². The van der Waals surface area contributed by atoms with Crippen LogP contribution in [0.4, 0.5) is 9.18 Å². The first-order chi connectivity index (χ1) is 9.28. The maximum absolute atomic E-state index is 12.9. The number of halogens is 1. The van der Waals surface area contributed by atoms with Gasteiger partial charge in [-0.2, -0.15) is 5.48 Å². The number of ether oxygens (including phenoxy) is 1. The number of amides is 1. The van der Waals surface area contributed by atoms with Gasteiger partial charge in [0.2, 0.25) is 0 Å². The van der Waals surface area contributed by atoms with Gasteiger partial charge in [-0.15, -0.1) is 0 Å². The molecule has 0 aliphatic heterocycles. The first-order valence-corrected chi connectivity index (χ1v) is 7.34. The second-order valence-electron chi connectivity index (χ2n) is 4.96. The zero-order valence-electron chi connectivity index (χ0n) is 11.6. The zero-order valence-corrected chi connectivity index (χ0v) is 12.5. The highest BCUT2D eigenvalue weighted by molar-refractivity contribution is 7.91. The van der Waals surface area contributed by atoms with E-state index in [4.69, 9.17) is 9.57 Å². The van der Waals surface area contributed by atoms with Crippen LogP contribution in [0.2, 0.25) is 0 Å².